The van der Waals surface area contributed by atoms with Crippen LogP contribution in [0.2, 0.25) is 0 Å². The molecule has 544 valence electrons. The molecular weight excluding hydrogens is 1420 g/mol. The van der Waals surface area contributed by atoms with Crippen LogP contribution >= 0.6 is 15.9 Å². The van der Waals surface area contributed by atoms with E-state index in [1.54, 1.807) is 0 Å². The summed E-state index contributed by atoms with van der Waals surface area (Å²) >= 11 is 3.81. The van der Waals surface area contributed by atoms with E-state index in [1.165, 1.54) is 19.6 Å². The van der Waals surface area contributed by atoms with Crippen LogP contribution in [0.25, 0.3) is 86.2 Å². The number of carbonyl (C=O) groups is 8. The zero-order chi connectivity index (χ0) is 78.3. The zero-order valence-electron chi connectivity index (χ0n) is 64.3. The zero-order valence-corrected chi connectivity index (χ0v) is 65.9. The molecule has 0 saturated carbocycles. The summed E-state index contributed by atoms with van der Waals surface area (Å²) < 4.78 is 0.734. The quantitative estimate of drug-likeness (QED) is 0.0508. The van der Waals surface area contributed by atoms with Crippen LogP contribution in [0.1, 0.15) is 221 Å². The highest BCUT2D eigenvalue weighted by atomic mass is 79.9. The van der Waals surface area contributed by atoms with E-state index < -0.39 is 0 Å². The van der Waals surface area contributed by atoms with E-state index in [4.69, 9.17) is 19.3 Å². The molecule has 16 rings (SSSR count). The lowest BCUT2D eigenvalue weighted by molar-refractivity contribution is 0.0423. The molecule has 0 N–H and O–H groups in total. The summed E-state index contributed by atoms with van der Waals surface area (Å²) in [5, 5.41) is 12.6. The molecule has 13 heteroatoms. The predicted molar refractivity (Wildman–Crippen MR) is 442 cm³/mol. The third-order valence-electron chi connectivity index (χ3n) is 22.8. The number of amides is 8. The molecule has 4 aliphatic heterocycles. The Morgan fingerprint density at radius 3 is 0.761 bits per heavy atom. The number of rotatable bonds is 12. The molecule has 0 saturated heterocycles. The second kappa shape index (κ2) is 27.9. The van der Waals surface area contributed by atoms with Crippen molar-refractivity contribution in [3.05, 3.63) is 210 Å². The summed E-state index contributed by atoms with van der Waals surface area (Å²) in [5.41, 5.74) is 7.80. The smallest absolute Gasteiger partial charge is 0.261 e. The molecule has 0 bridgehead atoms. The van der Waals surface area contributed by atoms with E-state index >= 15 is 0 Å². The molecule has 0 aliphatic carbocycles. The van der Waals surface area contributed by atoms with Crippen LogP contribution in [0.4, 0.5) is 0 Å². The second-order valence-corrected chi connectivity index (χ2v) is 33.1. The first-order chi connectivity index (χ1) is 51.9. The number of hydrogen-bond donors (Lipinski definition) is 0. The first kappa shape index (κ1) is 74.4. The molecule has 8 amide bonds. The van der Waals surface area contributed by atoms with Crippen LogP contribution in [0.5, 0.6) is 0 Å². The Bertz CT molecular complexity index is 6070. The molecule has 0 unspecified atom stereocenters. The van der Waals surface area contributed by atoms with Gasteiger partial charge in [-0.15, -0.1) is 19.3 Å². The van der Waals surface area contributed by atoms with Crippen LogP contribution in [0, 0.1) is 96.2 Å². The maximum Gasteiger partial charge on any atom is 0.261 e. The second-order valence-electron chi connectivity index (χ2n) is 32.3. The number of fused-ring (bicyclic) bond motifs is 4. The van der Waals surface area contributed by atoms with E-state index in [2.05, 4.69) is 45.5 Å². The fourth-order valence-corrected chi connectivity index (χ4v) is 19.5. The Balaban J connectivity index is 0.000000163. The lowest BCUT2D eigenvalue weighted by Gasteiger charge is -2.39. The van der Waals surface area contributed by atoms with Gasteiger partial charge in [-0.1, -0.05) is 193 Å². The third kappa shape index (κ3) is 11.5. The van der Waals surface area contributed by atoms with Crippen molar-refractivity contribution in [1.82, 2.24) is 19.6 Å². The van der Waals surface area contributed by atoms with Gasteiger partial charge in [-0.25, -0.2) is 0 Å². The van der Waals surface area contributed by atoms with Crippen molar-refractivity contribution in [3.8, 4) is 48.9 Å². The van der Waals surface area contributed by atoms with Crippen LogP contribution in [-0.4, -0.2) is 91.0 Å². The first-order valence-corrected chi connectivity index (χ1v) is 38.5. The van der Waals surface area contributed by atoms with Crippen LogP contribution in [0.3, 0.4) is 0 Å². The summed E-state index contributed by atoms with van der Waals surface area (Å²) in [6.45, 7) is 32.7. The number of imide groups is 4. The van der Waals surface area contributed by atoms with Crippen molar-refractivity contribution in [3.63, 3.8) is 0 Å². The largest absolute Gasteiger partial charge is 0.271 e. The lowest BCUT2D eigenvalue weighted by Crippen LogP contribution is -2.51. The van der Waals surface area contributed by atoms with E-state index in [1.807, 2.05) is 244 Å². The average Bonchev–Trinajstić information content (AvgIpc) is 0.688. The summed E-state index contributed by atoms with van der Waals surface area (Å²) in [4.78, 5) is 120. The van der Waals surface area contributed by atoms with Gasteiger partial charge in [0.05, 0.1) is 0 Å². The maximum atomic E-state index is 14.7. The monoisotopic (exact) mass is 1500 g/mol. The third-order valence-corrected chi connectivity index (χ3v) is 23.4. The highest BCUT2D eigenvalue weighted by molar-refractivity contribution is 9.10. The minimum Gasteiger partial charge on any atom is -0.271 e. The molecule has 0 spiro atoms. The van der Waals surface area contributed by atoms with Crippen LogP contribution in [-0.2, 0) is 0 Å². The number of halogens is 1. The fourth-order valence-electron chi connectivity index (χ4n) is 18.9. The number of terminal acetylenes is 3. The van der Waals surface area contributed by atoms with Crippen molar-refractivity contribution in [1.29, 1.82) is 0 Å². The Labute approximate surface area is 644 Å². The van der Waals surface area contributed by atoms with Gasteiger partial charge in [0.15, 0.2) is 0 Å². The Morgan fingerprint density at radius 2 is 0.477 bits per heavy atom. The van der Waals surface area contributed by atoms with Crippen LogP contribution in [0.15, 0.2) is 138 Å². The minimum atomic E-state index is -0.331. The highest BCUT2D eigenvalue weighted by Gasteiger charge is 2.46. The van der Waals surface area contributed by atoms with Gasteiger partial charge in [-0.2, -0.15) is 0 Å². The number of hydrogen-bond acceptors (Lipinski definition) is 8. The van der Waals surface area contributed by atoms with E-state index in [0.29, 0.717) is 71.6 Å². The topological polar surface area (TPSA) is 150 Å². The molecule has 0 radical (unpaired) electrons. The molecule has 12 nitrogen and oxygen atoms in total. The van der Waals surface area contributed by atoms with Gasteiger partial charge < -0.3 is 0 Å². The predicted octanol–water partition coefficient (Wildman–Crippen LogP) is 20.4. The molecule has 0 aromatic heterocycles. The van der Waals surface area contributed by atoms with Gasteiger partial charge in [0.25, 0.3) is 47.3 Å². The Morgan fingerprint density at radius 1 is 0.248 bits per heavy atom. The fraction of sp³-hybridized carbons (Fsp3) is 0.292. The summed E-state index contributed by atoms with van der Waals surface area (Å²) in [6, 6.07) is 40.1. The van der Waals surface area contributed by atoms with Gasteiger partial charge in [-0.05, 0) is 187 Å². The average molecular weight is 1500 g/mol. The van der Waals surface area contributed by atoms with Crippen molar-refractivity contribution in [2.75, 3.05) is 0 Å². The van der Waals surface area contributed by atoms with Crippen LogP contribution < -0.4 is 0 Å². The van der Waals surface area contributed by atoms with Gasteiger partial charge >= 0.3 is 0 Å². The molecule has 4 heterocycles. The normalized spacial score (nSPS) is 14.3. The maximum absolute atomic E-state index is 14.7. The highest BCUT2D eigenvalue weighted by Crippen LogP contribution is 2.52. The van der Waals surface area contributed by atoms with Crippen molar-refractivity contribution < 1.29 is 38.4 Å². The van der Waals surface area contributed by atoms with Gasteiger partial charge in [0.2, 0.25) is 0 Å². The van der Waals surface area contributed by atoms with E-state index in [-0.39, 0.29) is 119 Å². The van der Waals surface area contributed by atoms with Crippen molar-refractivity contribution in [2.24, 2.45) is 47.3 Å². The van der Waals surface area contributed by atoms with Crippen molar-refractivity contribution >= 4 is 149 Å². The van der Waals surface area contributed by atoms with Gasteiger partial charge in [-0.3, -0.25) is 58.0 Å². The lowest BCUT2D eigenvalue weighted by atomic mass is 9.79. The number of benzene rings is 12. The summed E-state index contributed by atoms with van der Waals surface area (Å²) in [6.07, 6.45) is 15.9. The SMILES string of the molecule is C#Cc1ccc(C#C)cc1.C#Cc1ccc(C#Cc2cc3c4c(ccc5c6ccc7c8c(ccc(c2c45)c86)C(=O)N(C(C(C)C)C(C)C)C7=O)C(=O)N(C(C(C)C)C(C)C)C3=O)cc1.CC(C)C(C(C)C)N1C(=O)c2ccc3c4ccc5c6c(cc(Br)c(c7ccc(c2c37)C1=O)c64)C(=O)N(C(C(C)C)C(C)C)C5=O. The van der Waals surface area contributed by atoms with E-state index in [0.717, 1.165) is 91.4 Å². The Kier molecular flexibility index (Phi) is 19.1. The standard InChI is InChI=1S/C48H42N2O4.C38H37BrN2O4.C10H6/c1-10-28-11-13-29(14-12-28)15-16-30-23-37-41-36(47(53)50(48(37)54)44(26(6)7)27(8)9)21-18-32-31-17-20-34-40-35(22-19-33(39(31)40)38(30)42(32)41)46(52)49(45(34)51)43(24(2)3)25(4)5;1-16(2)33(17(3)4)40-35(42)23-12-9-20-21-10-13-25-30-26(38(45)41(37(25)44)34(18(5)6)19(7)8)15-27(39)31(32(21)30)22-11-14-24(36(40)43)29(23)28(20)22;1-3-9-5-7-10(4-2)8-6-9/h1,11-14,17-27,43-44H,2-9H3;9-19,33-34H,1-8H3;1-2,5-8H. The summed E-state index contributed by atoms with van der Waals surface area (Å²) in [7, 11) is 0. The molecule has 109 heavy (non-hydrogen) atoms. The Hall–Kier alpha value is -11.5. The molecule has 12 aromatic carbocycles. The number of nitrogens with zero attached hydrogens (tertiary/aromatic N) is 4. The van der Waals surface area contributed by atoms with Gasteiger partial charge in [0.1, 0.15) is 0 Å². The number of carbonyl (C=O) groups excluding carboxylic acids is 8. The van der Waals surface area contributed by atoms with E-state index in [9.17, 15) is 38.4 Å². The van der Waals surface area contributed by atoms with Gasteiger partial charge in [0, 0.05) is 144 Å². The molecule has 0 fully saturated rings. The van der Waals surface area contributed by atoms with Crippen molar-refractivity contribution in [2.45, 2.75) is 135 Å². The molecule has 4 aliphatic rings. The minimum absolute atomic E-state index is 0.0433. The molecule has 0 atom stereocenters. The molecular formula is C96H85BrN4O8. The first-order valence-electron chi connectivity index (χ1n) is 37.7. The summed E-state index contributed by atoms with van der Waals surface area (Å²) in [5.74, 6) is 12.7. The molecule has 12 aromatic rings.